The second kappa shape index (κ2) is 10.6. The number of unbranched alkanes of at least 4 members (excludes halogenated alkanes) is 2. The molecule has 0 amide bonds. The van der Waals surface area contributed by atoms with Crippen molar-refractivity contribution in [1.29, 1.82) is 0 Å². The Kier molecular flexibility index (Phi) is 8.48. The average molecular weight is 403 g/mol. The number of hydrogen-bond donors (Lipinski definition) is 1. The fourth-order valence-electron chi connectivity index (χ4n) is 3.31. The third-order valence-corrected chi connectivity index (χ3v) is 8.80. The molecule has 0 fully saturated rings. The van der Waals surface area contributed by atoms with Crippen LogP contribution in [0.1, 0.15) is 57.1 Å². The molecule has 0 aromatic heterocycles. The van der Waals surface area contributed by atoms with E-state index in [9.17, 15) is 13.0 Å². The molecule has 0 aliphatic rings. The molecule has 0 saturated carbocycles. The van der Waals surface area contributed by atoms with Crippen molar-refractivity contribution in [3.8, 4) is 0 Å². The fourth-order valence-corrected chi connectivity index (χ4v) is 6.52. The molecule has 0 radical (unpaired) electrons. The van der Waals surface area contributed by atoms with Crippen LogP contribution in [0.2, 0.25) is 0 Å². The van der Waals surface area contributed by atoms with Crippen molar-refractivity contribution in [2.75, 3.05) is 0 Å². The van der Waals surface area contributed by atoms with Crippen molar-refractivity contribution in [2.45, 2.75) is 52.4 Å². The lowest BCUT2D eigenvalue weighted by molar-refractivity contribution is 0.493. The molecular formula is C22H30O3SSi. The Balaban J connectivity index is 2.62. The number of benzene rings is 2. The summed E-state index contributed by atoms with van der Waals surface area (Å²) in [6.45, 7) is 4.25. The first-order chi connectivity index (χ1) is 13.0. The molecule has 27 heavy (non-hydrogen) atoms. The molecule has 146 valence electrons. The topological polar surface area (TPSA) is 54.4 Å². The van der Waals surface area contributed by atoms with Crippen LogP contribution in [0.5, 0.6) is 0 Å². The van der Waals surface area contributed by atoms with Gasteiger partial charge in [0.15, 0.2) is 0 Å². The van der Waals surface area contributed by atoms with Gasteiger partial charge < -0.3 is 0 Å². The molecule has 0 unspecified atom stereocenters. The molecule has 0 spiro atoms. The van der Waals surface area contributed by atoms with Crippen molar-refractivity contribution in [3.05, 3.63) is 70.3 Å². The second-order valence-electron chi connectivity index (χ2n) is 6.90. The van der Waals surface area contributed by atoms with Gasteiger partial charge in [-0.25, -0.2) is 0 Å². The van der Waals surface area contributed by atoms with E-state index >= 15 is 0 Å². The SMILES string of the molecule is CCCCC(=C([SiH2]c1ccccc1)S(=O)(=O)O)c1ccccc1CCCC. The van der Waals surface area contributed by atoms with Crippen molar-refractivity contribution < 1.29 is 13.0 Å². The Labute approximate surface area is 166 Å². The van der Waals surface area contributed by atoms with Crippen LogP contribution in [-0.2, 0) is 16.5 Å². The molecule has 0 heterocycles. The lowest BCUT2D eigenvalue weighted by atomic mass is 9.94. The van der Waals surface area contributed by atoms with Crippen LogP contribution in [0.3, 0.4) is 0 Å². The first kappa shape index (κ1) is 21.6. The van der Waals surface area contributed by atoms with E-state index in [2.05, 4.69) is 19.9 Å². The number of aryl methyl sites for hydroxylation is 1. The Bertz CT molecular complexity index is 858. The van der Waals surface area contributed by atoms with E-state index in [0.29, 0.717) is 6.42 Å². The standard InChI is InChI=1S/C22H30O3SSi/c1-3-5-12-18-13-10-11-17-20(18)21(16-6-4-2)22(26(23,24)25)27-19-14-8-7-9-15-19/h7-11,13-15,17H,3-6,12,16,27H2,1-2H3,(H,23,24,25). The summed E-state index contributed by atoms with van der Waals surface area (Å²) in [6, 6.07) is 17.7. The lowest BCUT2D eigenvalue weighted by Gasteiger charge is -2.17. The molecule has 0 aliphatic carbocycles. The van der Waals surface area contributed by atoms with Crippen molar-refractivity contribution in [1.82, 2.24) is 0 Å². The second-order valence-corrected chi connectivity index (χ2v) is 10.7. The third kappa shape index (κ3) is 6.45. The predicted molar refractivity (Wildman–Crippen MR) is 118 cm³/mol. The number of rotatable bonds is 10. The molecule has 0 bridgehead atoms. The van der Waals surface area contributed by atoms with Gasteiger partial charge in [-0.3, -0.25) is 4.55 Å². The molecule has 0 aliphatic heterocycles. The van der Waals surface area contributed by atoms with Crippen LogP contribution >= 0.6 is 0 Å². The summed E-state index contributed by atoms with van der Waals surface area (Å²) < 4.78 is 35.1. The quantitative estimate of drug-likeness (QED) is 0.477. The van der Waals surface area contributed by atoms with Crippen LogP contribution in [0, 0.1) is 0 Å². The first-order valence-corrected chi connectivity index (χ1v) is 12.6. The van der Waals surface area contributed by atoms with Crippen LogP contribution in [-0.4, -0.2) is 22.5 Å². The number of hydrogen-bond acceptors (Lipinski definition) is 2. The Hall–Kier alpha value is -1.69. The van der Waals surface area contributed by atoms with Gasteiger partial charge in [-0.05, 0) is 42.4 Å². The zero-order valence-electron chi connectivity index (χ0n) is 16.3. The van der Waals surface area contributed by atoms with E-state index in [1.807, 2.05) is 48.5 Å². The van der Waals surface area contributed by atoms with Crippen LogP contribution < -0.4 is 5.19 Å². The maximum Gasteiger partial charge on any atom is 0.286 e. The van der Waals surface area contributed by atoms with Gasteiger partial charge in [-0.1, -0.05) is 86.5 Å². The van der Waals surface area contributed by atoms with Gasteiger partial charge in [0.25, 0.3) is 10.1 Å². The highest BCUT2D eigenvalue weighted by Crippen LogP contribution is 2.30. The van der Waals surface area contributed by atoms with E-state index in [0.717, 1.165) is 48.4 Å². The zero-order valence-corrected chi connectivity index (χ0v) is 18.5. The summed E-state index contributed by atoms with van der Waals surface area (Å²) in [7, 11) is -5.55. The highest BCUT2D eigenvalue weighted by Gasteiger charge is 2.22. The Morgan fingerprint density at radius 3 is 2.19 bits per heavy atom. The average Bonchev–Trinajstić information content (AvgIpc) is 2.66. The highest BCUT2D eigenvalue weighted by atomic mass is 32.2. The smallest absolute Gasteiger partial charge is 0.282 e. The summed E-state index contributed by atoms with van der Waals surface area (Å²) in [6.07, 6.45) is 5.64. The van der Waals surface area contributed by atoms with Gasteiger partial charge in [-0.2, -0.15) is 8.42 Å². The van der Waals surface area contributed by atoms with E-state index in [4.69, 9.17) is 0 Å². The third-order valence-electron chi connectivity index (χ3n) is 4.78. The van der Waals surface area contributed by atoms with Crippen molar-refractivity contribution in [3.63, 3.8) is 0 Å². The molecule has 3 nitrogen and oxygen atoms in total. The van der Waals surface area contributed by atoms with E-state index in [1.54, 1.807) is 0 Å². The summed E-state index contributed by atoms with van der Waals surface area (Å²) >= 11 is 0. The molecule has 0 atom stereocenters. The van der Waals surface area contributed by atoms with Gasteiger partial charge in [0, 0.05) is 0 Å². The van der Waals surface area contributed by atoms with Gasteiger partial charge in [0.1, 0.15) is 9.52 Å². The largest absolute Gasteiger partial charge is 0.286 e. The number of allylic oxidation sites excluding steroid dienone is 1. The van der Waals surface area contributed by atoms with Crippen LogP contribution in [0.25, 0.3) is 5.57 Å². The first-order valence-electron chi connectivity index (χ1n) is 9.79. The lowest BCUT2D eigenvalue weighted by Crippen LogP contribution is -2.23. The zero-order chi connectivity index (χ0) is 19.7. The molecule has 5 heteroatoms. The van der Waals surface area contributed by atoms with Gasteiger partial charge in [-0.15, -0.1) is 0 Å². The minimum absolute atomic E-state index is 0.270. The maximum absolute atomic E-state index is 12.4. The Morgan fingerprint density at radius 1 is 0.926 bits per heavy atom. The minimum Gasteiger partial charge on any atom is -0.282 e. The summed E-state index contributed by atoms with van der Waals surface area (Å²) in [5, 5.41) is 1.02. The molecule has 1 N–H and O–H groups in total. The summed E-state index contributed by atoms with van der Waals surface area (Å²) in [5.74, 6) is 0. The van der Waals surface area contributed by atoms with E-state index in [1.165, 1.54) is 5.56 Å². The molecule has 2 rings (SSSR count). The van der Waals surface area contributed by atoms with Crippen molar-refractivity contribution >= 4 is 30.4 Å². The van der Waals surface area contributed by atoms with E-state index in [-0.39, 0.29) is 4.53 Å². The van der Waals surface area contributed by atoms with Crippen molar-refractivity contribution in [2.24, 2.45) is 0 Å². The minimum atomic E-state index is -4.24. The highest BCUT2D eigenvalue weighted by molar-refractivity contribution is 7.92. The molecule has 2 aromatic carbocycles. The van der Waals surface area contributed by atoms with Crippen LogP contribution in [0.4, 0.5) is 0 Å². The monoisotopic (exact) mass is 402 g/mol. The van der Waals surface area contributed by atoms with Crippen LogP contribution in [0.15, 0.2) is 59.1 Å². The predicted octanol–water partition coefficient (Wildman–Crippen LogP) is 4.27. The fraction of sp³-hybridized carbons (Fsp3) is 0.364. The maximum atomic E-state index is 12.4. The Morgan fingerprint density at radius 2 is 1.56 bits per heavy atom. The van der Waals surface area contributed by atoms with Gasteiger partial charge in [0.05, 0.1) is 4.53 Å². The normalized spacial score (nSPS) is 13.1. The van der Waals surface area contributed by atoms with Gasteiger partial charge >= 0.3 is 0 Å². The summed E-state index contributed by atoms with van der Waals surface area (Å²) in [4.78, 5) is 0. The molecular weight excluding hydrogens is 372 g/mol. The summed E-state index contributed by atoms with van der Waals surface area (Å²) in [5.41, 5.74) is 2.99. The molecule has 2 aromatic rings. The molecule has 0 saturated heterocycles. The van der Waals surface area contributed by atoms with E-state index < -0.39 is 19.6 Å². The van der Waals surface area contributed by atoms with Gasteiger partial charge in [0.2, 0.25) is 0 Å².